The maximum atomic E-state index is 12.3. The van der Waals surface area contributed by atoms with Crippen LogP contribution in [0.15, 0.2) is 97.1 Å². The van der Waals surface area contributed by atoms with Gasteiger partial charge in [-0.15, -0.1) is 0 Å². The molecule has 0 fully saturated rings. The molecule has 2 N–H and O–H groups in total. The van der Waals surface area contributed by atoms with Gasteiger partial charge in [0, 0.05) is 32.3 Å². The van der Waals surface area contributed by atoms with Crippen molar-refractivity contribution in [3.63, 3.8) is 0 Å². The predicted molar refractivity (Wildman–Crippen MR) is 167 cm³/mol. The van der Waals surface area contributed by atoms with Crippen molar-refractivity contribution in [2.75, 3.05) is 0 Å². The van der Waals surface area contributed by atoms with E-state index in [2.05, 4.69) is 0 Å². The fourth-order valence-corrected chi connectivity index (χ4v) is 3.81. The van der Waals surface area contributed by atoms with Gasteiger partial charge >= 0.3 is 11.9 Å². The van der Waals surface area contributed by atoms with Crippen molar-refractivity contribution in [1.29, 1.82) is 0 Å². The number of aliphatic carboxylic acids is 2. The summed E-state index contributed by atoms with van der Waals surface area (Å²) in [4.78, 5) is 46.6. The molecular formula is C34H30Cl2O8. The van der Waals surface area contributed by atoms with Crippen molar-refractivity contribution in [2.45, 2.75) is 38.9 Å². The highest BCUT2D eigenvalue weighted by Crippen LogP contribution is 2.23. The molecule has 0 spiro atoms. The van der Waals surface area contributed by atoms with E-state index < -0.39 is 23.1 Å². The lowest BCUT2D eigenvalue weighted by molar-refractivity contribution is -0.152. The van der Waals surface area contributed by atoms with E-state index in [4.69, 9.17) is 42.9 Å². The Morgan fingerprint density at radius 3 is 0.932 bits per heavy atom. The summed E-state index contributed by atoms with van der Waals surface area (Å²) in [5.41, 5.74) is -0.623. The maximum absolute atomic E-state index is 12.3. The summed E-state index contributed by atoms with van der Waals surface area (Å²) in [7, 11) is 0. The van der Waals surface area contributed by atoms with Crippen molar-refractivity contribution in [1.82, 2.24) is 0 Å². The number of carboxylic acid groups (broad SMARTS) is 2. The van der Waals surface area contributed by atoms with Crippen LogP contribution in [0.3, 0.4) is 0 Å². The van der Waals surface area contributed by atoms with E-state index in [-0.39, 0.29) is 11.6 Å². The van der Waals surface area contributed by atoms with Crippen molar-refractivity contribution in [3.05, 3.63) is 129 Å². The van der Waals surface area contributed by atoms with Gasteiger partial charge in [-0.3, -0.25) is 9.59 Å². The highest BCUT2D eigenvalue weighted by atomic mass is 35.5. The van der Waals surface area contributed by atoms with Gasteiger partial charge in [0.2, 0.25) is 0 Å². The standard InChI is InChI=1S/2C17H15ClO4/c2*1-17(2,16(20)21)22-14-9-5-12(6-10-14)15(19)11-3-7-13(18)8-4-11/h2*3-10H,1-2H3,(H,20,21). The van der Waals surface area contributed by atoms with Crippen LogP contribution >= 0.6 is 23.2 Å². The molecule has 0 heterocycles. The second-order valence-electron chi connectivity index (χ2n) is 10.6. The van der Waals surface area contributed by atoms with Crippen LogP contribution in [-0.4, -0.2) is 44.9 Å². The summed E-state index contributed by atoms with van der Waals surface area (Å²) in [6, 6.07) is 26.0. The Morgan fingerprint density at radius 1 is 0.477 bits per heavy atom. The molecule has 0 aliphatic carbocycles. The Morgan fingerprint density at radius 2 is 0.705 bits per heavy atom. The first-order valence-electron chi connectivity index (χ1n) is 13.2. The second kappa shape index (κ2) is 14.2. The summed E-state index contributed by atoms with van der Waals surface area (Å²) in [5, 5.41) is 19.2. The molecule has 0 aliphatic rings. The Kier molecular flexibility index (Phi) is 10.9. The van der Waals surface area contributed by atoms with Crippen molar-refractivity contribution < 1.29 is 38.9 Å². The van der Waals surface area contributed by atoms with Gasteiger partial charge < -0.3 is 19.7 Å². The topological polar surface area (TPSA) is 127 Å². The molecule has 0 aliphatic heterocycles. The zero-order valence-electron chi connectivity index (χ0n) is 24.3. The lowest BCUT2D eigenvalue weighted by Gasteiger charge is -2.21. The van der Waals surface area contributed by atoms with E-state index in [9.17, 15) is 19.2 Å². The smallest absolute Gasteiger partial charge is 0.347 e. The van der Waals surface area contributed by atoms with Gasteiger partial charge in [-0.25, -0.2) is 9.59 Å². The van der Waals surface area contributed by atoms with Crippen LogP contribution in [-0.2, 0) is 9.59 Å². The SMILES string of the molecule is CC(C)(Oc1ccc(C(=O)c2ccc(Cl)cc2)cc1)C(=O)O.CC(C)(Oc1ccc(C(=O)c2ccc(Cl)cc2)cc1)C(=O)O. The number of halogens is 2. The van der Waals surface area contributed by atoms with Gasteiger partial charge in [0.1, 0.15) is 11.5 Å². The van der Waals surface area contributed by atoms with Gasteiger partial charge in [0.15, 0.2) is 22.8 Å². The quantitative estimate of drug-likeness (QED) is 0.170. The van der Waals surface area contributed by atoms with E-state index in [0.717, 1.165) is 0 Å². The van der Waals surface area contributed by atoms with E-state index in [1.54, 1.807) is 97.1 Å². The summed E-state index contributed by atoms with van der Waals surface area (Å²) in [5.74, 6) is -1.62. The number of carboxylic acids is 2. The number of hydrogen-bond donors (Lipinski definition) is 2. The summed E-state index contributed by atoms with van der Waals surface area (Å²) >= 11 is 11.6. The zero-order valence-corrected chi connectivity index (χ0v) is 25.8. The average Bonchev–Trinajstić information content (AvgIpc) is 2.98. The first-order valence-corrected chi connectivity index (χ1v) is 14.0. The van der Waals surface area contributed by atoms with Crippen molar-refractivity contribution in [2.24, 2.45) is 0 Å². The number of hydrogen-bond acceptors (Lipinski definition) is 6. The molecule has 8 nitrogen and oxygen atoms in total. The number of carbonyl (C=O) groups is 4. The molecule has 0 saturated heterocycles. The predicted octanol–water partition coefficient (Wildman–Crippen LogP) is 7.63. The minimum absolute atomic E-state index is 0.138. The average molecular weight is 638 g/mol. The molecular weight excluding hydrogens is 607 g/mol. The first kappa shape index (κ1) is 33.8. The van der Waals surface area contributed by atoms with Crippen LogP contribution < -0.4 is 9.47 Å². The highest BCUT2D eigenvalue weighted by Gasteiger charge is 2.30. The number of ether oxygens (including phenoxy) is 2. The monoisotopic (exact) mass is 636 g/mol. The van der Waals surface area contributed by atoms with Crippen LogP contribution in [0.2, 0.25) is 10.0 Å². The third-order valence-electron chi connectivity index (χ3n) is 6.22. The molecule has 10 heteroatoms. The molecule has 0 atom stereocenters. The summed E-state index contributed by atoms with van der Waals surface area (Å²) < 4.78 is 10.8. The van der Waals surface area contributed by atoms with Crippen LogP contribution in [0.1, 0.15) is 59.5 Å². The van der Waals surface area contributed by atoms with E-state index in [1.165, 1.54) is 27.7 Å². The molecule has 4 aromatic carbocycles. The fraction of sp³-hybridized carbons (Fsp3) is 0.176. The molecule has 0 aromatic heterocycles. The minimum Gasteiger partial charge on any atom is -0.478 e. The number of rotatable bonds is 10. The molecule has 0 bridgehead atoms. The van der Waals surface area contributed by atoms with E-state index in [0.29, 0.717) is 43.8 Å². The van der Waals surface area contributed by atoms with Crippen LogP contribution in [0.25, 0.3) is 0 Å². The van der Waals surface area contributed by atoms with Crippen LogP contribution in [0.5, 0.6) is 11.5 Å². The Hall–Kier alpha value is -4.66. The third kappa shape index (κ3) is 9.17. The molecule has 228 valence electrons. The van der Waals surface area contributed by atoms with Gasteiger partial charge in [-0.2, -0.15) is 0 Å². The number of ketones is 2. The molecule has 0 saturated carbocycles. The molecule has 4 aromatic rings. The van der Waals surface area contributed by atoms with Gasteiger partial charge in [0.05, 0.1) is 0 Å². The summed E-state index contributed by atoms with van der Waals surface area (Å²) in [6.45, 7) is 5.84. The van der Waals surface area contributed by atoms with Crippen LogP contribution in [0.4, 0.5) is 0 Å². The van der Waals surface area contributed by atoms with Crippen molar-refractivity contribution >= 4 is 46.7 Å². The Bertz CT molecular complexity index is 1500. The Labute approximate surface area is 264 Å². The molecule has 0 amide bonds. The zero-order chi connectivity index (χ0) is 32.7. The Balaban J connectivity index is 0.000000240. The fourth-order valence-electron chi connectivity index (χ4n) is 3.56. The van der Waals surface area contributed by atoms with E-state index in [1.807, 2.05) is 0 Å². The molecule has 4 rings (SSSR count). The maximum Gasteiger partial charge on any atom is 0.347 e. The van der Waals surface area contributed by atoms with Gasteiger partial charge in [0.25, 0.3) is 0 Å². The first-order chi connectivity index (χ1) is 20.6. The van der Waals surface area contributed by atoms with Gasteiger partial charge in [-0.1, -0.05) is 23.2 Å². The lowest BCUT2D eigenvalue weighted by atomic mass is 10.0. The number of carbonyl (C=O) groups excluding carboxylic acids is 2. The normalized spacial score (nSPS) is 11.0. The van der Waals surface area contributed by atoms with Gasteiger partial charge in [-0.05, 0) is 125 Å². The molecule has 0 unspecified atom stereocenters. The van der Waals surface area contributed by atoms with Crippen LogP contribution in [0, 0.1) is 0 Å². The highest BCUT2D eigenvalue weighted by molar-refractivity contribution is 6.31. The summed E-state index contributed by atoms with van der Waals surface area (Å²) in [6.07, 6.45) is 0. The number of benzene rings is 4. The molecule has 44 heavy (non-hydrogen) atoms. The lowest BCUT2D eigenvalue weighted by Crippen LogP contribution is -2.37. The third-order valence-corrected chi connectivity index (χ3v) is 6.73. The molecule has 0 radical (unpaired) electrons. The largest absolute Gasteiger partial charge is 0.478 e. The minimum atomic E-state index is -1.33. The van der Waals surface area contributed by atoms with E-state index >= 15 is 0 Å². The second-order valence-corrected chi connectivity index (χ2v) is 11.4. The van der Waals surface area contributed by atoms with Crippen molar-refractivity contribution in [3.8, 4) is 11.5 Å².